The molecule has 1 fully saturated rings. The normalized spacial score (nSPS) is 14.9. The molecule has 4 aromatic carbocycles. The van der Waals surface area contributed by atoms with Crippen LogP contribution in [0.2, 0.25) is 0 Å². The van der Waals surface area contributed by atoms with Gasteiger partial charge < -0.3 is 17.7 Å². The minimum Gasteiger partial charge on any atom is -0.508 e. The molecule has 1 aliphatic rings. The summed E-state index contributed by atoms with van der Waals surface area (Å²) in [6.45, 7) is 4.33. The fraction of sp³-hybridized carbons (Fsp3) is 0.273. The molecule has 0 aromatic heterocycles. The van der Waals surface area contributed by atoms with Gasteiger partial charge in [0.15, 0.2) is 0 Å². The van der Waals surface area contributed by atoms with E-state index in [0.717, 1.165) is 42.0 Å². The number of hydrogen-bond donors (Lipinski definition) is 2. The first-order valence-corrected chi connectivity index (χ1v) is 14.9. The van der Waals surface area contributed by atoms with E-state index >= 15 is 0 Å². The predicted molar refractivity (Wildman–Crippen MR) is 163 cm³/mol. The second-order valence-electron chi connectivity index (χ2n) is 10.8. The Bertz CT molecular complexity index is 1360. The molecule has 1 saturated carbocycles. The van der Waals surface area contributed by atoms with Gasteiger partial charge in [0.05, 0.1) is 0 Å². The molecule has 5 nitrogen and oxygen atoms in total. The van der Waals surface area contributed by atoms with Crippen molar-refractivity contribution in [2.45, 2.75) is 56.8 Å². The van der Waals surface area contributed by atoms with Crippen LogP contribution in [0.25, 0.3) is 0 Å². The Morgan fingerprint density at radius 3 is 1.50 bits per heavy atom. The lowest BCUT2D eigenvalue weighted by molar-refractivity contribution is 0.345. The van der Waals surface area contributed by atoms with Crippen molar-refractivity contribution in [1.82, 2.24) is 0 Å². The quantitative estimate of drug-likeness (QED) is 0.183. The van der Waals surface area contributed by atoms with Crippen molar-refractivity contribution in [3.05, 3.63) is 119 Å². The zero-order valence-electron chi connectivity index (χ0n) is 22.7. The number of hydrogen-bond acceptors (Lipinski definition) is 7. The van der Waals surface area contributed by atoms with Crippen LogP contribution in [0.15, 0.2) is 97.1 Å². The van der Waals surface area contributed by atoms with Crippen LogP contribution in [-0.4, -0.2) is 9.66 Å². The molecule has 0 unspecified atom stereocenters. The molecule has 208 valence electrons. The third-order valence-corrected chi connectivity index (χ3v) is 8.87. The Hall–Kier alpha value is -3.26. The van der Waals surface area contributed by atoms with Crippen LogP contribution in [0, 0.1) is 0 Å². The molecular formula is C33H34O5S2. The minimum absolute atomic E-state index is 0.0298. The van der Waals surface area contributed by atoms with Gasteiger partial charge in [-0.25, -0.2) is 0 Å². The maximum Gasteiger partial charge on any atom is 0.293 e. The Kier molecular flexibility index (Phi) is 8.84. The molecule has 2 N–H and O–H groups in total. The summed E-state index contributed by atoms with van der Waals surface area (Å²) < 4.78 is 25.6. The molecular weight excluding hydrogens is 540 g/mol. The third-order valence-electron chi connectivity index (χ3n) is 8.08. The van der Waals surface area contributed by atoms with Crippen molar-refractivity contribution in [2.24, 2.45) is 0 Å². The van der Waals surface area contributed by atoms with E-state index in [4.69, 9.17) is 17.1 Å². The van der Waals surface area contributed by atoms with Gasteiger partial charge in [0.2, 0.25) is 12.3 Å². The SMILES string of the molecule is CC(C)(c1ccc(OSO)cc1)c1ccc(OSOc2ccc(C3(c4ccc(O)cc4)CCCCC3)cc2)cc1. The molecule has 0 atom stereocenters. The summed E-state index contributed by atoms with van der Waals surface area (Å²) in [6.07, 6.45) is 5.87. The Balaban J connectivity index is 1.20. The molecule has 0 aliphatic heterocycles. The summed E-state index contributed by atoms with van der Waals surface area (Å²) in [5.74, 6) is 2.34. The fourth-order valence-electron chi connectivity index (χ4n) is 5.67. The smallest absolute Gasteiger partial charge is 0.293 e. The number of benzene rings is 4. The van der Waals surface area contributed by atoms with Crippen LogP contribution >= 0.6 is 24.6 Å². The van der Waals surface area contributed by atoms with Crippen molar-refractivity contribution in [1.29, 1.82) is 0 Å². The second-order valence-corrected chi connectivity index (χ2v) is 11.6. The monoisotopic (exact) mass is 574 g/mol. The number of aromatic hydroxyl groups is 1. The highest BCUT2D eigenvalue weighted by Crippen LogP contribution is 2.45. The molecule has 4 aromatic rings. The summed E-state index contributed by atoms with van der Waals surface area (Å²) >= 11 is 1.29. The van der Waals surface area contributed by atoms with E-state index in [9.17, 15) is 5.11 Å². The average Bonchev–Trinajstić information content (AvgIpc) is 2.99. The zero-order valence-corrected chi connectivity index (χ0v) is 24.3. The maximum absolute atomic E-state index is 9.79. The standard InChI is InChI=1S/C33H34O5S2/c1-32(2,24-8-16-29(17-9-24)36-39-35)25-10-18-30(19-11-25)37-40-38-31-20-12-27(13-21-31)33(22-4-3-5-23-33)26-6-14-28(34)15-7-26/h6-21,34-35H,3-5,22-23H2,1-2H3. The fourth-order valence-corrected chi connectivity index (χ4v) is 6.28. The molecule has 0 saturated heterocycles. The van der Waals surface area contributed by atoms with E-state index in [2.05, 4.69) is 50.2 Å². The number of phenols is 1. The first-order valence-electron chi connectivity index (χ1n) is 13.5. The number of phenolic OH excluding ortho intramolecular Hbond substituents is 1. The van der Waals surface area contributed by atoms with Gasteiger partial charge in [-0.05, 0) is 83.6 Å². The highest BCUT2D eigenvalue weighted by molar-refractivity contribution is 7.90. The van der Waals surface area contributed by atoms with Gasteiger partial charge in [-0.2, -0.15) is 0 Å². The largest absolute Gasteiger partial charge is 0.508 e. The molecule has 0 heterocycles. The van der Waals surface area contributed by atoms with Gasteiger partial charge in [-0.3, -0.25) is 4.55 Å². The van der Waals surface area contributed by atoms with Gasteiger partial charge in [0, 0.05) is 10.8 Å². The van der Waals surface area contributed by atoms with Crippen LogP contribution in [0.5, 0.6) is 23.0 Å². The van der Waals surface area contributed by atoms with Gasteiger partial charge in [0.25, 0.3) is 12.3 Å². The Labute approximate surface area is 245 Å². The molecule has 0 radical (unpaired) electrons. The van der Waals surface area contributed by atoms with Crippen molar-refractivity contribution in [3.63, 3.8) is 0 Å². The molecule has 1 aliphatic carbocycles. The highest BCUT2D eigenvalue weighted by Gasteiger charge is 2.35. The molecule has 40 heavy (non-hydrogen) atoms. The molecule has 0 bridgehead atoms. The summed E-state index contributed by atoms with van der Waals surface area (Å²) in [5.41, 5.74) is 4.58. The van der Waals surface area contributed by atoms with Gasteiger partial charge >= 0.3 is 0 Å². The van der Waals surface area contributed by atoms with E-state index in [1.165, 1.54) is 30.4 Å². The first-order chi connectivity index (χ1) is 19.4. The van der Waals surface area contributed by atoms with E-state index < -0.39 is 0 Å². The van der Waals surface area contributed by atoms with Crippen molar-refractivity contribution in [2.75, 3.05) is 0 Å². The van der Waals surface area contributed by atoms with E-state index in [1.54, 1.807) is 12.1 Å². The van der Waals surface area contributed by atoms with Crippen LogP contribution in [0.1, 0.15) is 68.2 Å². The summed E-state index contributed by atoms with van der Waals surface area (Å²) in [4.78, 5) is 0. The van der Waals surface area contributed by atoms with E-state index in [1.807, 2.05) is 48.5 Å². The topological polar surface area (TPSA) is 68.2 Å². The lowest BCUT2D eigenvalue weighted by atomic mass is 9.65. The van der Waals surface area contributed by atoms with Crippen LogP contribution in [0.4, 0.5) is 0 Å². The zero-order chi connectivity index (χ0) is 28.0. The Morgan fingerprint density at radius 1 is 0.600 bits per heavy atom. The highest BCUT2D eigenvalue weighted by atomic mass is 32.2. The Morgan fingerprint density at radius 2 is 1.02 bits per heavy atom. The van der Waals surface area contributed by atoms with Crippen molar-refractivity contribution in [3.8, 4) is 23.0 Å². The predicted octanol–water partition coefficient (Wildman–Crippen LogP) is 9.49. The maximum atomic E-state index is 9.79. The minimum atomic E-state index is -0.218. The van der Waals surface area contributed by atoms with Crippen molar-refractivity contribution >= 4 is 24.6 Å². The van der Waals surface area contributed by atoms with Crippen LogP contribution < -0.4 is 12.5 Å². The van der Waals surface area contributed by atoms with Crippen LogP contribution in [0.3, 0.4) is 0 Å². The summed E-state index contributed by atoms with van der Waals surface area (Å²) in [5, 5.41) is 9.79. The van der Waals surface area contributed by atoms with E-state index in [-0.39, 0.29) is 10.8 Å². The lowest BCUT2D eigenvalue weighted by Crippen LogP contribution is -2.30. The second kappa shape index (κ2) is 12.5. The molecule has 5 rings (SSSR count). The summed E-state index contributed by atoms with van der Waals surface area (Å²) in [6, 6.07) is 31.7. The van der Waals surface area contributed by atoms with Crippen molar-refractivity contribution < 1.29 is 22.2 Å². The number of rotatable bonds is 10. The van der Waals surface area contributed by atoms with Gasteiger partial charge in [-0.15, -0.1) is 0 Å². The molecule has 7 heteroatoms. The van der Waals surface area contributed by atoms with Crippen LogP contribution in [-0.2, 0) is 10.8 Å². The van der Waals surface area contributed by atoms with E-state index in [0.29, 0.717) is 29.6 Å². The first kappa shape index (κ1) is 28.3. The average molecular weight is 575 g/mol. The third kappa shape index (κ3) is 6.22. The lowest BCUT2D eigenvalue weighted by Gasteiger charge is -2.38. The van der Waals surface area contributed by atoms with Gasteiger partial charge in [0.1, 0.15) is 23.0 Å². The molecule has 0 amide bonds. The van der Waals surface area contributed by atoms with Gasteiger partial charge in [-0.1, -0.05) is 81.6 Å². The summed E-state index contributed by atoms with van der Waals surface area (Å²) in [7, 11) is 0. The molecule has 0 spiro atoms.